The summed E-state index contributed by atoms with van der Waals surface area (Å²) >= 11 is 7.72. The van der Waals surface area contributed by atoms with Crippen molar-refractivity contribution in [2.45, 2.75) is 24.4 Å². The molecule has 0 aliphatic rings. The summed E-state index contributed by atoms with van der Waals surface area (Å²) in [6.07, 6.45) is -9.04. The SMILES string of the molecule is O=C([O-])C(O)C(O)C(=O)[O][Cu].O=C([O-])C(O)C(O)C(=O)[O][Cu].O=S(=O)([O-])[O-].O=S(=O)([O-])[O-].[K+].[K+].[K+].[Na+].[Na+].[Na+]. The van der Waals surface area contributed by atoms with E-state index in [1.165, 1.54) is 0 Å². The maximum absolute atomic E-state index is 10.2. The molecule has 200 valence electrons. The first-order valence-corrected chi connectivity index (χ1v) is 9.50. The van der Waals surface area contributed by atoms with Crippen molar-refractivity contribution in [2.75, 3.05) is 0 Å². The quantitative estimate of drug-likeness (QED) is 0.110. The molecule has 0 spiro atoms. The minimum Gasteiger partial charge on any atom is -0.759 e. The standard InChI is InChI=1S/2C4H6O6.2Cu.3K.3Na.2H2O4S/c2*5-1(3(7)8)2(6)4(9)10;;;;;;;;;2*1-5(2,3)4/h2*1-2,5-6H,(H,7,8)(H,9,10);;;;;;;;;2*(H2,1,2,3,4)/q;;8*+1;;/p-8. The van der Waals surface area contributed by atoms with Crippen LogP contribution in [0.25, 0.3) is 0 Å². The summed E-state index contributed by atoms with van der Waals surface area (Å²) in [5, 5.41) is 53.5. The van der Waals surface area contributed by atoms with Crippen molar-refractivity contribution in [1.82, 2.24) is 0 Å². The van der Waals surface area contributed by atoms with E-state index in [9.17, 15) is 29.4 Å². The van der Waals surface area contributed by atoms with Crippen molar-refractivity contribution in [2.24, 2.45) is 0 Å². The van der Waals surface area contributed by atoms with Gasteiger partial charge in [-0.25, -0.2) is 0 Å². The Labute approximate surface area is 426 Å². The molecule has 0 aromatic heterocycles. The maximum atomic E-state index is 10.2. The van der Waals surface area contributed by atoms with Crippen molar-refractivity contribution >= 4 is 44.7 Å². The molecule has 0 aromatic carbocycles. The first kappa shape index (κ1) is 70.7. The molecule has 0 amide bonds. The molecule has 4 N–H and O–H groups in total. The van der Waals surface area contributed by atoms with Gasteiger partial charge in [0.15, 0.2) is 0 Å². The summed E-state index contributed by atoms with van der Waals surface area (Å²) in [7, 11) is -10.3. The van der Waals surface area contributed by atoms with Gasteiger partial charge in [0.05, 0.1) is 0 Å². The summed E-state index contributed by atoms with van der Waals surface area (Å²) in [5.74, 6) is -6.78. The number of carboxylic acids is 2. The zero-order valence-corrected chi connectivity index (χ0v) is 38.9. The van der Waals surface area contributed by atoms with Gasteiger partial charge in [-0.2, -0.15) is 0 Å². The molecule has 0 rings (SSSR count). The molecule has 0 aliphatic heterocycles. The molecule has 4 atom stereocenters. The van der Waals surface area contributed by atoms with Gasteiger partial charge in [-0.05, 0) is 0 Å². The Hall–Kier alpha value is 6.41. The van der Waals surface area contributed by atoms with Gasteiger partial charge in [-0.15, -0.1) is 0 Å². The number of aliphatic carboxylic acids is 2. The Kier molecular flexibility index (Phi) is 73.6. The van der Waals surface area contributed by atoms with E-state index >= 15 is 0 Å². The van der Waals surface area contributed by atoms with Gasteiger partial charge in [0.25, 0.3) is 0 Å². The van der Waals surface area contributed by atoms with Crippen LogP contribution in [0.1, 0.15) is 0 Å². The van der Waals surface area contributed by atoms with Gasteiger partial charge in [0.1, 0.15) is 0 Å². The van der Waals surface area contributed by atoms with Crippen LogP contribution in [0.2, 0.25) is 0 Å². The van der Waals surface area contributed by atoms with E-state index in [2.05, 4.69) is 40.3 Å². The zero-order valence-electron chi connectivity index (χ0n) is 20.0. The Morgan fingerprint density at radius 2 is 0.684 bits per heavy atom. The van der Waals surface area contributed by atoms with E-state index in [-0.39, 0.29) is 243 Å². The van der Waals surface area contributed by atoms with Crippen LogP contribution >= 0.6 is 0 Å². The van der Waals surface area contributed by atoms with E-state index in [1.807, 2.05) is 0 Å². The second-order valence-electron chi connectivity index (χ2n) is 4.00. The predicted molar refractivity (Wildman–Crippen MR) is 67.2 cm³/mol. The van der Waals surface area contributed by atoms with Crippen molar-refractivity contribution in [3.63, 3.8) is 0 Å². The van der Waals surface area contributed by atoms with Gasteiger partial charge in [-0.3, -0.25) is 16.8 Å². The molecule has 0 saturated heterocycles. The van der Waals surface area contributed by atoms with Crippen molar-refractivity contribution in [3.8, 4) is 0 Å². The third kappa shape index (κ3) is 61.4. The molecular weight excluding hydrogens is 794 g/mol. The van der Waals surface area contributed by atoms with E-state index < -0.39 is 69.1 Å². The second kappa shape index (κ2) is 39.6. The van der Waals surface area contributed by atoms with Crippen LogP contribution in [0, 0.1) is 0 Å². The predicted octanol–water partition coefficient (Wildman–Crippen LogP) is -27.7. The van der Waals surface area contributed by atoms with Crippen molar-refractivity contribution < 1.29 is 368 Å². The molecule has 0 aliphatic carbocycles. The Balaban J connectivity index is -0.0000000344. The molecule has 20 nitrogen and oxygen atoms in total. The Morgan fingerprint density at radius 3 is 0.763 bits per heavy atom. The molecular formula is C8H8Cu2K3Na3O20S2. The van der Waals surface area contributed by atoms with E-state index in [1.54, 1.807) is 0 Å². The van der Waals surface area contributed by atoms with E-state index in [0.29, 0.717) is 0 Å². The van der Waals surface area contributed by atoms with Gasteiger partial charge in [0.2, 0.25) is 0 Å². The third-order valence-electron chi connectivity index (χ3n) is 1.69. The number of carbonyl (C=O) groups is 4. The third-order valence-corrected chi connectivity index (χ3v) is 2.06. The largest absolute Gasteiger partial charge is 1.00 e. The number of aliphatic hydroxyl groups is 4. The number of hydrogen-bond acceptors (Lipinski definition) is 20. The Morgan fingerprint density at radius 1 is 0.553 bits per heavy atom. The summed E-state index contributed by atoms with van der Waals surface area (Å²) < 4.78 is 75.2. The zero-order chi connectivity index (χ0) is 27.0. The van der Waals surface area contributed by atoms with Crippen LogP contribution in [0.5, 0.6) is 0 Å². The van der Waals surface area contributed by atoms with Gasteiger partial charge in [-0.1, -0.05) is 0 Å². The maximum Gasteiger partial charge on any atom is 1.00 e. The van der Waals surface area contributed by atoms with Crippen LogP contribution in [-0.4, -0.2) is 104 Å². The first-order valence-electron chi connectivity index (χ1n) is 6.07. The minimum absolute atomic E-state index is 0. The summed E-state index contributed by atoms with van der Waals surface area (Å²) in [5.41, 5.74) is 0. The fourth-order valence-electron chi connectivity index (χ4n) is 0.588. The molecule has 0 heterocycles. The fourth-order valence-corrected chi connectivity index (χ4v) is 0.816. The topological polar surface area (TPSA) is 374 Å². The van der Waals surface area contributed by atoms with Crippen LogP contribution in [0.4, 0.5) is 0 Å². The van der Waals surface area contributed by atoms with Crippen LogP contribution < -0.4 is 253 Å². The van der Waals surface area contributed by atoms with Gasteiger partial charge in [0, 0.05) is 20.8 Å². The summed E-state index contributed by atoms with van der Waals surface area (Å²) in [6, 6.07) is 0. The average molecular weight is 802 g/mol. The van der Waals surface area contributed by atoms with Crippen LogP contribution in [0.15, 0.2) is 0 Å². The van der Waals surface area contributed by atoms with Crippen LogP contribution in [0.3, 0.4) is 0 Å². The summed E-state index contributed by atoms with van der Waals surface area (Å²) in [6.45, 7) is 0. The van der Waals surface area contributed by atoms with E-state index in [0.717, 1.165) is 0 Å². The normalized spacial score (nSPS) is 11.9. The number of rotatable bonds is 6. The molecule has 0 bridgehead atoms. The smallest absolute Gasteiger partial charge is 0.759 e. The van der Waals surface area contributed by atoms with E-state index in [4.69, 9.17) is 55.5 Å². The van der Waals surface area contributed by atoms with Crippen molar-refractivity contribution in [3.05, 3.63) is 0 Å². The summed E-state index contributed by atoms with van der Waals surface area (Å²) in [4.78, 5) is 40.0. The number of aliphatic hydroxyl groups excluding tert-OH is 4. The van der Waals surface area contributed by atoms with Gasteiger partial charge < -0.3 is 18.2 Å². The molecule has 0 fully saturated rings. The number of carboxylic acid groups (broad SMARTS) is 2. The Bertz CT molecular complexity index is 751. The fraction of sp³-hybridized carbons (Fsp3) is 0.500. The van der Waals surface area contributed by atoms with Gasteiger partial charge >= 0.3 is 381 Å². The first-order chi connectivity index (χ1) is 14.0. The molecule has 30 heteroatoms. The average Bonchev–Trinajstić information content (AvgIpc) is 2.61. The molecule has 0 aromatic rings. The molecule has 38 heavy (non-hydrogen) atoms. The molecule has 0 radical (unpaired) electrons. The minimum atomic E-state index is -5.17. The monoisotopic (exact) mass is 800 g/mol. The molecule has 4 unspecified atom stereocenters. The molecule has 0 saturated carbocycles. The van der Waals surface area contributed by atoms with Crippen LogP contribution in [-0.2, 0) is 80.3 Å². The second-order valence-corrected chi connectivity index (χ2v) is 6.01. The number of hydrogen-bond donors (Lipinski definition) is 4. The van der Waals surface area contributed by atoms with Crippen molar-refractivity contribution in [1.29, 1.82) is 0 Å². The number of carbonyl (C=O) groups excluding carboxylic acids is 4.